The highest BCUT2D eigenvalue weighted by atomic mass is 16.3. The topological polar surface area (TPSA) is 74.6 Å². The van der Waals surface area contributed by atoms with Crippen molar-refractivity contribution >= 4 is 11.6 Å². The van der Waals surface area contributed by atoms with Crippen LogP contribution in [0.15, 0.2) is 11.6 Å². The van der Waals surface area contributed by atoms with E-state index in [1.54, 1.807) is 0 Å². The van der Waals surface area contributed by atoms with E-state index in [0.717, 1.165) is 38.5 Å². The average Bonchev–Trinajstić information content (AvgIpc) is 3.36. The predicted octanol–water partition coefficient (Wildman–Crippen LogP) is 2.52. The number of carbonyl (C=O) groups is 2. The van der Waals surface area contributed by atoms with Gasteiger partial charge < -0.3 is 10.2 Å². The Labute approximate surface area is 155 Å². The number of hydrogen-bond donors (Lipinski definition) is 2. The molecule has 4 nitrogen and oxygen atoms in total. The zero-order valence-electron chi connectivity index (χ0n) is 15.6. The summed E-state index contributed by atoms with van der Waals surface area (Å²) in [7, 11) is 0. The molecule has 5 aliphatic rings. The van der Waals surface area contributed by atoms with Gasteiger partial charge in [0, 0.05) is 17.8 Å². The zero-order valence-corrected chi connectivity index (χ0v) is 15.6. The first-order valence-corrected chi connectivity index (χ1v) is 10.5. The van der Waals surface area contributed by atoms with Crippen LogP contribution in [0.2, 0.25) is 0 Å². The molecular weight excluding hydrogens is 328 g/mol. The lowest BCUT2D eigenvalue weighted by Crippen LogP contribution is -2.54. The molecular formula is C22H30O4. The number of rotatable bonds is 3. The van der Waals surface area contributed by atoms with E-state index in [0.29, 0.717) is 36.0 Å². The second-order valence-corrected chi connectivity index (χ2v) is 9.98. The van der Waals surface area contributed by atoms with Crippen molar-refractivity contribution in [2.75, 3.05) is 13.2 Å². The predicted molar refractivity (Wildman–Crippen MR) is 96.1 cm³/mol. The van der Waals surface area contributed by atoms with Gasteiger partial charge in [-0.1, -0.05) is 12.5 Å². The SMILES string of the molecule is C[C@]12CC[C@H]3[C@@H]([C@H]4C[C@H]4C4=CC(=O)CC[C@@]43CO)[C@@H]1CC[C@@H]2C(=O)CO. The van der Waals surface area contributed by atoms with Crippen LogP contribution in [0, 0.1) is 46.3 Å². The molecule has 0 bridgehead atoms. The second-order valence-electron chi connectivity index (χ2n) is 9.98. The maximum absolute atomic E-state index is 12.4. The fourth-order valence-electron chi connectivity index (χ4n) is 8.12. The number of aliphatic hydroxyl groups is 2. The molecule has 8 atom stereocenters. The number of aliphatic hydroxyl groups excluding tert-OH is 2. The fraction of sp³-hybridized carbons (Fsp3) is 0.818. The van der Waals surface area contributed by atoms with Crippen molar-refractivity contribution in [1.29, 1.82) is 0 Å². The molecule has 0 radical (unpaired) electrons. The molecule has 0 aromatic heterocycles. The van der Waals surface area contributed by atoms with Gasteiger partial charge in [0.1, 0.15) is 6.61 Å². The molecule has 5 rings (SSSR count). The summed E-state index contributed by atoms with van der Waals surface area (Å²) in [5.74, 6) is 2.96. The minimum Gasteiger partial charge on any atom is -0.395 e. The van der Waals surface area contributed by atoms with Crippen molar-refractivity contribution in [3.05, 3.63) is 11.6 Å². The van der Waals surface area contributed by atoms with Crippen LogP contribution in [0.4, 0.5) is 0 Å². The summed E-state index contributed by atoms with van der Waals surface area (Å²) >= 11 is 0. The molecule has 142 valence electrons. The Morgan fingerprint density at radius 1 is 1.19 bits per heavy atom. The van der Waals surface area contributed by atoms with Gasteiger partial charge in [0.05, 0.1) is 6.61 Å². The number of Topliss-reactive ketones (excluding diaryl/α,β-unsaturated/α-hetero) is 1. The second kappa shape index (κ2) is 5.51. The summed E-state index contributed by atoms with van der Waals surface area (Å²) in [5, 5.41) is 19.9. The molecule has 0 spiro atoms. The Morgan fingerprint density at radius 2 is 2.00 bits per heavy atom. The molecule has 4 fully saturated rings. The minimum absolute atomic E-state index is 0.00518. The van der Waals surface area contributed by atoms with E-state index < -0.39 is 0 Å². The molecule has 0 amide bonds. The Balaban J connectivity index is 1.54. The molecule has 0 unspecified atom stereocenters. The van der Waals surface area contributed by atoms with E-state index >= 15 is 0 Å². The highest BCUT2D eigenvalue weighted by Crippen LogP contribution is 2.74. The van der Waals surface area contributed by atoms with Crippen LogP contribution in [-0.4, -0.2) is 35.0 Å². The van der Waals surface area contributed by atoms with Gasteiger partial charge in [0.15, 0.2) is 11.6 Å². The highest BCUT2D eigenvalue weighted by Gasteiger charge is 2.68. The van der Waals surface area contributed by atoms with Gasteiger partial charge in [-0.05, 0) is 79.6 Å². The molecule has 5 aliphatic carbocycles. The van der Waals surface area contributed by atoms with Crippen LogP contribution in [0.25, 0.3) is 0 Å². The third-order valence-electron chi connectivity index (χ3n) is 9.31. The van der Waals surface area contributed by atoms with Gasteiger partial charge >= 0.3 is 0 Å². The Hall–Kier alpha value is -1.00. The van der Waals surface area contributed by atoms with Gasteiger partial charge in [0.2, 0.25) is 0 Å². The normalized spacial score (nSPS) is 51.7. The maximum atomic E-state index is 12.4. The summed E-state index contributed by atoms with van der Waals surface area (Å²) in [6, 6.07) is 0. The van der Waals surface area contributed by atoms with Gasteiger partial charge in [0.25, 0.3) is 0 Å². The molecule has 2 N–H and O–H groups in total. The standard InChI is InChI=1S/C22H30O4/c1-21-6-5-17-20(16(21)3-2-15(21)19(26)10-23)14-9-13(14)18-8-12(25)4-7-22(17,18)11-24/h8,13-17,20,23-24H,2-7,9-11H2,1H3/t13-,14+,15-,16+,17+,20+,21-,22+/m1/s1. The lowest BCUT2D eigenvalue weighted by molar-refractivity contribution is -0.135. The van der Waals surface area contributed by atoms with E-state index in [1.807, 2.05) is 6.08 Å². The maximum Gasteiger partial charge on any atom is 0.161 e. The third-order valence-corrected chi connectivity index (χ3v) is 9.31. The molecule has 4 saturated carbocycles. The summed E-state index contributed by atoms with van der Waals surface area (Å²) in [6.45, 7) is 2.12. The lowest BCUT2D eigenvalue weighted by Gasteiger charge is -2.58. The summed E-state index contributed by atoms with van der Waals surface area (Å²) in [6.07, 6.45) is 8.47. The van der Waals surface area contributed by atoms with Gasteiger partial charge in [-0.2, -0.15) is 0 Å². The van der Waals surface area contributed by atoms with Crippen molar-refractivity contribution in [3.63, 3.8) is 0 Å². The molecule has 0 aromatic rings. The molecule has 0 saturated heterocycles. The first-order chi connectivity index (χ1) is 12.5. The van der Waals surface area contributed by atoms with Crippen LogP contribution < -0.4 is 0 Å². The highest BCUT2D eigenvalue weighted by molar-refractivity contribution is 5.92. The van der Waals surface area contributed by atoms with Crippen LogP contribution in [0.5, 0.6) is 0 Å². The number of ketones is 2. The van der Waals surface area contributed by atoms with E-state index in [9.17, 15) is 19.8 Å². The van der Waals surface area contributed by atoms with Crippen molar-refractivity contribution in [3.8, 4) is 0 Å². The van der Waals surface area contributed by atoms with Gasteiger partial charge in [-0.15, -0.1) is 0 Å². The molecule has 0 heterocycles. The van der Waals surface area contributed by atoms with Crippen molar-refractivity contribution in [1.82, 2.24) is 0 Å². The van der Waals surface area contributed by atoms with Crippen molar-refractivity contribution in [2.24, 2.45) is 46.3 Å². The van der Waals surface area contributed by atoms with E-state index in [1.165, 1.54) is 5.57 Å². The van der Waals surface area contributed by atoms with E-state index in [4.69, 9.17) is 0 Å². The molecule has 0 aromatic carbocycles. The number of hydrogen-bond acceptors (Lipinski definition) is 4. The van der Waals surface area contributed by atoms with Gasteiger partial charge in [-0.25, -0.2) is 0 Å². The molecule has 26 heavy (non-hydrogen) atoms. The number of fused-ring (bicyclic) bond motifs is 8. The monoisotopic (exact) mass is 358 g/mol. The smallest absolute Gasteiger partial charge is 0.161 e. The third kappa shape index (κ3) is 1.98. The molecule has 4 heteroatoms. The number of carbonyl (C=O) groups excluding carboxylic acids is 2. The van der Waals surface area contributed by atoms with Crippen LogP contribution in [-0.2, 0) is 9.59 Å². The van der Waals surface area contributed by atoms with E-state index in [-0.39, 0.29) is 41.5 Å². The lowest BCUT2D eigenvalue weighted by atomic mass is 9.46. The van der Waals surface area contributed by atoms with Gasteiger partial charge in [-0.3, -0.25) is 9.59 Å². The first-order valence-electron chi connectivity index (χ1n) is 10.5. The fourth-order valence-corrected chi connectivity index (χ4v) is 8.12. The van der Waals surface area contributed by atoms with Crippen molar-refractivity contribution in [2.45, 2.75) is 51.9 Å². The Morgan fingerprint density at radius 3 is 2.73 bits per heavy atom. The van der Waals surface area contributed by atoms with Crippen molar-refractivity contribution < 1.29 is 19.8 Å². The van der Waals surface area contributed by atoms with Crippen LogP contribution >= 0.6 is 0 Å². The Kier molecular flexibility index (Phi) is 3.63. The zero-order chi connectivity index (χ0) is 18.3. The largest absolute Gasteiger partial charge is 0.395 e. The quantitative estimate of drug-likeness (QED) is 0.813. The first kappa shape index (κ1) is 17.1. The summed E-state index contributed by atoms with van der Waals surface area (Å²) in [5.41, 5.74) is 1.10. The average molecular weight is 358 g/mol. The molecule has 0 aliphatic heterocycles. The summed E-state index contributed by atoms with van der Waals surface area (Å²) in [4.78, 5) is 24.4. The van der Waals surface area contributed by atoms with Crippen LogP contribution in [0.1, 0.15) is 51.9 Å². The van der Waals surface area contributed by atoms with E-state index in [2.05, 4.69) is 6.92 Å². The Bertz CT molecular complexity index is 696. The van der Waals surface area contributed by atoms with Crippen LogP contribution in [0.3, 0.4) is 0 Å². The summed E-state index contributed by atoms with van der Waals surface area (Å²) < 4.78 is 0. The minimum atomic E-state index is -0.331.